The number of β-amino-alcohol motifs (C(OH)–C–C–N with tert-alkyl or cyclic N) is 2. The first-order chi connectivity index (χ1) is 16.1. The van der Waals surface area contributed by atoms with E-state index < -0.39 is 36.5 Å². The van der Waals surface area contributed by atoms with E-state index in [0.29, 0.717) is 22.6 Å². The molecule has 0 aliphatic carbocycles. The van der Waals surface area contributed by atoms with Gasteiger partial charge in [0.05, 0.1) is 30.4 Å². The average Bonchev–Trinajstić information content (AvgIpc) is 3.12. The molecule has 1 saturated heterocycles. The fourth-order valence-corrected chi connectivity index (χ4v) is 3.69. The first kappa shape index (κ1) is 23.6. The Morgan fingerprint density at radius 1 is 1.06 bits per heavy atom. The number of carbonyl (C=O) groups excluding carboxylic acids is 1. The number of halogens is 4. The van der Waals surface area contributed by atoms with Gasteiger partial charge in [0.2, 0.25) is 0 Å². The molecule has 1 fully saturated rings. The molecule has 2 atom stereocenters. The number of benzene rings is 1. The van der Waals surface area contributed by atoms with Crippen LogP contribution in [0.15, 0.2) is 55.0 Å². The number of nitrogens with zero attached hydrogens (tertiary/aromatic N) is 3. The van der Waals surface area contributed by atoms with E-state index in [2.05, 4.69) is 15.3 Å². The molecule has 34 heavy (non-hydrogen) atoms. The number of amides is 1. The number of rotatable bonds is 5. The third-order valence-corrected chi connectivity index (χ3v) is 5.32. The highest BCUT2D eigenvalue weighted by Crippen LogP contribution is 2.32. The highest BCUT2D eigenvalue weighted by atomic mass is 19.4. The molecule has 1 aliphatic heterocycles. The summed E-state index contributed by atoms with van der Waals surface area (Å²) in [4.78, 5) is 22.6. The molecular weight excluding hydrogens is 456 g/mol. The summed E-state index contributed by atoms with van der Waals surface area (Å²) in [7, 11) is 0. The van der Waals surface area contributed by atoms with Gasteiger partial charge in [0, 0.05) is 42.3 Å². The molecule has 0 bridgehead atoms. The zero-order valence-corrected chi connectivity index (χ0v) is 17.6. The first-order valence-electron chi connectivity index (χ1n) is 10.3. The fraction of sp³-hybridized carbons (Fsp3) is 0.261. The molecule has 7 nitrogen and oxygen atoms in total. The molecule has 178 valence electrons. The van der Waals surface area contributed by atoms with Crippen LogP contribution in [0.2, 0.25) is 0 Å². The SMILES string of the molecule is O=C(Nc1ccc(CC(F)(F)F)cc1)c1cnc(N2C[C@@H](O)[C@@H](O)C2)c(-c2cncc(F)c2)c1. The van der Waals surface area contributed by atoms with Gasteiger partial charge in [-0.3, -0.25) is 9.78 Å². The maximum absolute atomic E-state index is 13.8. The lowest BCUT2D eigenvalue weighted by Gasteiger charge is -2.21. The molecule has 1 amide bonds. The van der Waals surface area contributed by atoms with Crippen LogP contribution < -0.4 is 10.2 Å². The molecule has 11 heteroatoms. The first-order valence-corrected chi connectivity index (χ1v) is 10.3. The second-order valence-electron chi connectivity index (χ2n) is 7.97. The average molecular weight is 476 g/mol. The lowest BCUT2D eigenvalue weighted by Crippen LogP contribution is -2.23. The van der Waals surface area contributed by atoms with Crippen LogP contribution >= 0.6 is 0 Å². The van der Waals surface area contributed by atoms with Crippen LogP contribution in [-0.2, 0) is 6.42 Å². The fourth-order valence-electron chi connectivity index (χ4n) is 3.69. The van der Waals surface area contributed by atoms with Crippen molar-refractivity contribution >= 4 is 17.4 Å². The number of hydrogen-bond acceptors (Lipinski definition) is 6. The van der Waals surface area contributed by atoms with Crippen LogP contribution in [0.25, 0.3) is 11.1 Å². The van der Waals surface area contributed by atoms with Crippen molar-refractivity contribution in [2.75, 3.05) is 23.3 Å². The summed E-state index contributed by atoms with van der Waals surface area (Å²) < 4.78 is 51.4. The molecule has 1 aliphatic rings. The minimum absolute atomic E-state index is 0.0624. The summed E-state index contributed by atoms with van der Waals surface area (Å²) in [6, 6.07) is 7.98. The minimum atomic E-state index is -4.33. The smallest absolute Gasteiger partial charge is 0.389 e. The Labute approximate surface area is 191 Å². The Morgan fingerprint density at radius 3 is 2.35 bits per heavy atom. The molecule has 3 aromatic rings. The third kappa shape index (κ3) is 5.49. The standard InChI is InChI=1S/C23H20F4N4O3/c24-16-5-14(8-28-10-16)18-6-15(9-29-21(18)31-11-19(32)20(33)12-31)22(34)30-17-3-1-13(2-4-17)7-23(25,26)27/h1-6,8-10,19-20,32-33H,7,11-12H2,(H,30,34)/t19-,20+. The monoisotopic (exact) mass is 476 g/mol. The van der Waals surface area contributed by atoms with E-state index in [1.54, 1.807) is 4.90 Å². The van der Waals surface area contributed by atoms with Gasteiger partial charge >= 0.3 is 6.18 Å². The van der Waals surface area contributed by atoms with E-state index in [1.165, 1.54) is 48.8 Å². The molecule has 0 radical (unpaired) electrons. The van der Waals surface area contributed by atoms with Crippen molar-refractivity contribution in [2.24, 2.45) is 0 Å². The highest BCUT2D eigenvalue weighted by Gasteiger charge is 2.32. The topological polar surface area (TPSA) is 98.6 Å². The minimum Gasteiger partial charge on any atom is -0.389 e. The van der Waals surface area contributed by atoms with Crippen LogP contribution in [0.4, 0.5) is 29.1 Å². The van der Waals surface area contributed by atoms with Gasteiger partial charge in [-0.1, -0.05) is 12.1 Å². The van der Waals surface area contributed by atoms with E-state index in [4.69, 9.17) is 0 Å². The summed E-state index contributed by atoms with van der Waals surface area (Å²) in [5, 5.41) is 22.4. The summed E-state index contributed by atoms with van der Waals surface area (Å²) in [5.74, 6) is -0.843. The lowest BCUT2D eigenvalue weighted by molar-refractivity contribution is -0.127. The summed E-state index contributed by atoms with van der Waals surface area (Å²) in [6.07, 6.45) is -3.66. The number of anilines is 2. The number of hydrogen-bond donors (Lipinski definition) is 3. The van der Waals surface area contributed by atoms with Crippen LogP contribution in [-0.4, -0.2) is 57.6 Å². The van der Waals surface area contributed by atoms with Gasteiger partial charge in [-0.05, 0) is 29.8 Å². The Balaban J connectivity index is 1.61. The van der Waals surface area contributed by atoms with Crippen molar-refractivity contribution in [2.45, 2.75) is 24.8 Å². The summed E-state index contributed by atoms with van der Waals surface area (Å²) in [5.41, 5.74) is 1.17. The third-order valence-electron chi connectivity index (χ3n) is 5.32. The van der Waals surface area contributed by atoms with Crippen LogP contribution in [0.5, 0.6) is 0 Å². The number of nitrogens with one attached hydrogen (secondary N) is 1. The molecular formula is C23H20F4N4O3. The quantitative estimate of drug-likeness (QED) is 0.490. The molecule has 3 N–H and O–H groups in total. The van der Waals surface area contributed by atoms with Crippen LogP contribution in [0.1, 0.15) is 15.9 Å². The predicted molar refractivity (Wildman–Crippen MR) is 116 cm³/mol. The van der Waals surface area contributed by atoms with Gasteiger partial charge in [-0.15, -0.1) is 0 Å². The predicted octanol–water partition coefficient (Wildman–Crippen LogP) is 3.18. The van der Waals surface area contributed by atoms with Gasteiger partial charge in [0.25, 0.3) is 5.91 Å². The maximum Gasteiger partial charge on any atom is 0.393 e. The van der Waals surface area contributed by atoms with E-state index in [1.807, 2.05) is 0 Å². The van der Waals surface area contributed by atoms with E-state index in [-0.39, 0.29) is 24.2 Å². The number of pyridine rings is 2. The summed E-state index contributed by atoms with van der Waals surface area (Å²) >= 11 is 0. The second kappa shape index (κ2) is 9.35. The van der Waals surface area contributed by atoms with Gasteiger partial charge < -0.3 is 20.4 Å². The molecule has 2 aromatic heterocycles. The largest absolute Gasteiger partial charge is 0.393 e. The molecule has 3 heterocycles. The van der Waals surface area contributed by atoms with Crippen LogP contribution in [0.3, 0.4) is 0 Å². The Hall–Kier alpha value is -3.57. The highest BCUT2D eigenvalue weighted by molar-refractivity contribution is 6.05. The van der Waals surface area contributed by atoms with E-state index in [9.17, 15) is 32.6 Å². The Bertz CT molecular complexity index is 1180. The summed E-state index contributed by atoms with van der Waals surface area (Å²) in [6.45, 7) is 0.194. The van der Waals surface area contributed by atoms with E-state index in [0.717, 1.165) is 6.20 Å². The molecule has 0 unspecified atom stereocenters. The molecule has 4 rings (SSSR count). The number of carbonyl (C=O) groups is 1. The number of alkyl halides is 3. The number of aliphatic hydroxyl groups is 2. The maximum atomic E-state index is 13.8. The Morgan fingerprint density at radius 2 is 1.74 bits per heavy atom. The lowest BCUT2D eigenvalue weighted by atomic mass is 10.1. The van der Waals surface area contributed by atoms with Gasteiger partial charge in [-0.2, -0.15) is 13.2 Å². The van der Waals surface area contributed by atoms with E-state index >= 15 is 0 Å². The zero-order valence-electron chi connectivity index (χ0n) is 17.6. The van der Waals surface area contributed by atoms with Crippen molar-refractivity contribution in [1.82, 2.24) is 9.97 Å². The molecule has 1 aromatic carbocycles. The normalized spacial score (nSPS) is 18.2. The zero-order chi connectivity index (χ0) is 24.5. The van der Waals surface area contributed by atoms with Crippen LogP contribution in [0, 0.1) is 5.82 Å². The van der Waals surface area contributed by atoms with Gasteiger partial charge in [0.1, 0.15) is 11.6 Å². The van der Waals surface area contributed by atoms with Crippen molar-refractivity contribution in [3.8, 4) is 11.1 Å². The van der Waals surface area contributed by atoms with Gasteiger partial charge in [-0.25, -0.2) is 9.37 Å². The van der Waals surface area contributed by atoms with Crippen molar-refractivity contribution < 1.29 is 32.6 Å². The molecule has 0 saturated carbocycles. The number of aliphatic hydroxyl groups excluding tert-OH is 2. The van der Waals surface area contributed by atoms with Crippen molar-refractivity contribution in [1.29, 1.82) is 0 Å². The van der Waals surface area contributed by atoms with Gasteiger partial charge in [0.15, 0.2) is 0 Å². The molecule has 0 spiro atoms. The Kier molecular flexibility index (Phi) is 6.49. The van der Waals surface area contributed by atoms with Crippen molar-refractivity contribution in [3.63, 3.8) is 0 Å². The van der Waals surface area contributed by atoms with Crippen molar-refractivity contribution in [3.05, 3.63) is 71.9 Å². The number of aromatic nitrogens is 2. The second-order valence-corrected chi connectivity index (χ2v) is 7.97.